The van der Waals surface area contributed by atoms with E-state index in [-0.39, 0.29) is 16.8 Å². The molecule has 3 rings (SSSR count). The molecule has 0 aromatic carbocycles. The van der Waals surface area contributed by atoms with Gasteiger partial charge in [0.2, 0.25) is 5.43 Å². The van der Waals surface area contributed by atoms with E-state index in [0.717, 1.165) is 19.0 Å². The van der Waals surface area contributed by atoms with Crippen molar-refractivity contribution >= 4 is 22.8 Å². The lowest BCUT2D eigenvalue weighted by atomic mass is 10.1. The number of hydrogen-bond acceptors (Lipinski definition) is 5. The number of aryl methyl sites for hydroxylation is 1. The number of aromatic nitrogens is 2. The Hall–Kier alpha value is -2.48. The van der Waals surface area contributed by atoms with Crippen molar-refractivity contribution in [1.29, 1.82) is 0 Å². The second-order valence-corrected chi connectivity index (χ2v) is 6.29. The summed E-state index contributed by atoms with van der Waals surface area (Å²) in [6.45, 7) is 4.50. The van der Waals surface area contributed by atoms with Gasteiger partial charge in [0.05, 0.1) is 5.39 Å². The van der Waals surface area contributed by atoms with Gasteiger partial charge in [-0.3, -0.25) is 4.79 Å². The third-order valence-electron chi connectivity index (χ3n) is 4.63. The molecule has 1 fully saturated rings. The average Bonchev–Trinajstić information content (AvgIpc) is 3.03. The van der Waals surface area contributed by atoms with Crippen LogP contribution in [0.15, 0.2) is 17.1 Å². The summed E-state index contributed by atoms with van der Waals surface area (Å²) in [7, 11) is 1.89. The lowest BCUT2D eigenvalue weighted by molar-refractivity contribution is 0.0695. The highest BCUT2D eigenvalue weighted by Crippen LogP contribution is 2.26. The third kappa shape index (κ3) is 3.09. The number of hydrogen-bond donors (Lipinski definition) is 2. The Morgan fingerprint density at radius 3 is 2.92 bits per heavy atom. The molecule has 0 saturated carbocycles. The molecule has 7 nitrogen and oxygen atoms in total. The number of carbonyl (C=O) groups is 1. The third-order valence-corrected chi connectivity index (χ3v) is 4.63. The van der Waals surface area contributed by atoms with Crippen LogP contribution in [0.1, 0.15) is 23.7 Å². The number of carboxylic acid groups (broad SMARTS) is 1. The van der Waals surface area contributed by atoms with Crippen LogP contribution in [-0.4, -0.2) is 47.3 Å². The number of carboxylic acids is 1. The zero-order valence-electron chi connectivity index (χ0n) is 14.3. The molecule has 0 aliphatic carbocycles. The summed E-state index contributed by atoms with van der Waals surface area (Å²) in [5, 5.41) is 12.3. The van der Waals surface area contributed by atoms with E-state index in [1.54, 1.807) is 4.57 Å². The number of rotatable bonds is 5. The molecule has 1 aliphatic rings. The Labute approximate surface area is 144 Å². The molecule has 0 radical (unpaired) electrons. The maximum absolute atomic E-state index is 14.6. The van der Waals surface area contributed by atoms with E-state index in [1.165, 1.54) is 6.20 Å². The van der Waals surface area contributed by atoms with Gasteiger partial charge in [0.1, 0.15) is 11.2 Å². The first kappa shape index (κ1) is 17.3. The van der Waals surface area contributed by atoms with E-state index in [4.69, 9.17) is 0 Å². The van der Waals surface area contributed by atoms with E-state index in [1.807, 2.05) is 18.9 Å². The average molecular weight is 348 g/mol. The fourth-order valence-electron chi connectivity index (χ4n) is 3.37. The summed E-state index contributed by atoms with van der Waals surface area (Å²) in [4.78, 5) is 29.9. The zero-order valence-corrected chi connectivity index (χ0v) is 14.3. The summed E-state index contributed by atoms with van der Waals surface area (Å²) >= 11 is 0. The zero-order chi connectivity index (χ0) is 18.1. The van der Waals surface area contributed by atoms with Gasteiger partial charge in [-0.1, -0.05) is 0 Å². The largest absolute Gasteiger partial charge is 0.477 e. The molecule has 2 N–H and O–H groups in total. The standard InChI is InChI=1S/C17H21FN4O3/c1-3-21-9-12(17(24)25)14(23)11-6-13(18)16(20-15(11)21)22-5-4-10(8-22)7-19-2/h6,9-10,19H,3-5,7-8H2,1-2H3,(H,24,25). The predicted molar refractivity (Wildman–Crippen MR) is 92.8 cm³/mol. The minimum absolute atomic E-state index is 0.00558. The molecule has 1 atom stereocenters. The fraction of sp³-hybridized carbons (Fsp3) is 0.471. The van der Waals surface area contributed by atoms with Crippen LogP contribution >= 0.6 is 0 Å². The van der Waals surface area contributed by atoms with Crippen LogP contribution < -0.4 is 15.6 Å². The molecule has 0 amide bonds. The molecular weight excluding hydrogens is 327 g/mol. The molecule has 2 aromatic heterocycles. The highest BCUT2D eigenvalue weighted by molar-refractivity contribution is 5.92. The molecule has 0 spiro atoms. The minimum atomic E-state index is -1.33. The molecule has 1 saturated heterocycles. The smallest absolute Gasteiger partial charge is 0.341 e. The van der Waals surface area contributed by atoms with Gasteiger partial charge >= 0.3 is 5.97 Å². The van der Waals surface area contributed by atoms with Crippen molar-refractivity contribution in [3.05, 3.63) is 33.9 Å². The van der Waals surface area contributed by atoms with E-state index in [2.05, 4.69) is 10.3 Å². The maximum atomic E-state index is 14.6. The Morgan fingerprint density at radius 2 is 2.28 bits per heavy atom. The summed E-state index contributed by atoms with van der Waals surface area (Å²) in [5.74, 6) is -1.28. The van der Waals surface area contributed by atoms with Crippen LogP contribution in [0.2, 0.25) is 0 Å². The van der Waals surface area contributed by atoms with Crippen LogP contribution in [0, 0.1) is 11.7 Å². The molecular formula is C17H21FN4O3. The van der Waals surface area contributed by atoms with Gasteiger partial charge in [0.25, 0.3) is 0 Å². The van der Waals surface area contributed by atoms with Gasteiger partial charge in [-0.25, -0.2) is 14.2 Å². The molecule has 1 unspecified atom stereocenters. The highest BCUT2D eigenvalue weighted by Gasteiger charge is 2.26. The van der Waals surface area contributed by atoms with Crippen LogP contribution in [0.4, 0.5) is 10.2 Å². The molecule has 8 heteroatoms. The van der Waals surface area contributed by atoms with E-state index in [0.29, 0.717) is 31.2 Å². The van der Waals surface area contributed by atoms with Crippen molar-refractivity contribution < 1.29 is 14.3 Å². The number of fused-ring (bicyclic) bond motifs is 1. The molecule has 1 aliphatic heterocycles. The van der Waals surface area contributed by atoms with Crippen LogP contribution in [0.3, 0.4) is 0 Å². The minimum Gasteiger partial charge on any atom is -0.477 e. The topological polar surface area (TPSA) is 87.5 Å². The molecule has 25 heavy (non-hydrogen) atoms. The number of halogens is 1. The normalized spacial score (nSPS) is 17.4. The van der Waals surface area contributed by atoms with Gasteiger partial charge in [-0.05, 0) is 38.9 Å². The summed E-state index contributed by atoms with van der Waals surface area (Å²) in [5.41, 5.74) is -0.774. The van der Waals surface area contributed by atoms with Gasteiger partial charge in [0.15, 0.2) is 11.6 Å². The van der Waals surface area contributed by atoms with Gasteiger partial charge < -0.3 is 19.9 Å². The first-order valence-electron chi connectivity index (χ1n) is 8.32. The van der Waals surface area contributed by atoms with Crippen molar-refractivity contribution in [1.82, 2.24) is 14.9 Å². The van der Waals surface area contributed by atoms with Crippen molar-refractivity contribution in [3.8, 4) is 0 Å². The van der Waals surface area contributed by atoms with E-state index in [9.17, 15) is 19.1 Å². The van der Waals surface area contributed by atoms with Crippen LogP contribution in [0.5, 0.6) is 0 Å². The lowest BCUT2D eigenvalue weighted by Crippen LogP contribution is -2.26. The van der Waals surface area contributed by atoms with Crippen molar-refractivity contribution in [2.75, 3.05) is 31.6 Å². The van der Waals surface area contributed by atoms with Crippen LogP contribution in [0.25, 0.3) is 11.0 Å². The van der Waals surface area contributed by atoms with Gasteiger partial charge in [0, 0.05) is 25.8 Å². The first-order valence-corrected chi connectivity index (χ1v) is 8.32. The van der Waals surface area contributed by atoms with E-state index >= 15 is 0 Å². The number of nitrogens with zero attached hydrogens (tertiary/aromatic N) is 3. The van der Waals surface area contributed by atoms with Crippen molar-refractivity contribution in [2.45, 2.75) is 19.9 Å². The molecule has 2 aromatic rings. The lowest BCUT2D eigenvalue weighted by Gasteiger charge is -2.20. The quantitative estimate of drug-likeness (QED) is 0.847. The monoisotopic (exact) mass is 348 g/mol. The maximum Gasteiger partial charge on any atom is 0.341 e. The summed E-state index contributed by atoms with van der Waals surface area (Å²) in [6.07, 6.45) is 2.22. The van der Waals surface area contributed by atoms with E-state index < -0.39 is 17.2 Å². The second kappa shape index (κ2) is 6.79. The molecule has 3 heterocycles. The summed E-state index contributed by atoms with van der Waals surface area (Å²) < 4.78 is 16.2. The van der Waals surface area contributed by atoms with Crippen molar-refractivity contribution in [3.63, 3.8) is 0 Å². The Balaban J connectivity index is 2.12. The predicted octanol–water partition coefficient (Wildman–Crippen LogP) is 1.30. The SMILES string of the molecule is CCn1cc(C(=O)O)c(=O)c2cc(F)c(N3CCC(CNC)C3)nc21. The Morgan fingerprint density at radius 1 is 1.52 bits per heavy atom. The highest BCUT2D eigenvalue weighted by atomic mass is 19.1. The Kier molecular flexibility index (Phi) is 4.71. The first-order chi connectivity index (χ1) is 12.0. The fourth-order valence-corrected chi connectivity index (χ4v) is 3.37. The molecule has 134 valence electrons. The van der Waals surface area contributed by atoms with Gasteiger partial charge in [-0.15, -0.1) is 0 Å². The molecule has 0 bridgehead atoms. The van der Waals surface area contributed by atoms with Gasteiger partial charge in [-0.2, -0.15) is 0 Å². The number of anilines is 1. The van der Waals surface area contributed by atoms with Crippen LogP contribution in [-0.2, 0) is 6.54 Å². The number of nitrogens with one attached hydrogen (secondary N) is 1. The van der Waals surface area contributed by atoms with Crippen molar-refractivity contribution in [2.24, 2.45) is 5.92 Å². The second-order valence-electron chi connectivity index (χ2n) is 6.29. The summed E-state index contributed by atoms with van der Waals surface area (Å²) in [6, 6.07) is 1.12. The Bertz CT molecular complexity index is 880. The number of aromatic carboxylic acids is 1. The number of pyridine rings is 2.